The Balaban J connectivity index is 1.37. The van der Waals surface area contributed by atoms with Crippen molar-refractivity contribution < 1.29 is 22.8 Å². The number of rotatable bonds is 2. The molecule has 0 aromatic heterocycles. The summed E-state index contributed by atoms with van der Waals surface area (Å²) < 4.78 is 39.6. The maximum atomic E-state index is 13.2. The highest BCUT2D eigenvalue weighted by molar-refractivity contribution is 5.87. The third kappa shape index (κ3) is 3.22. The van der Waals surface area contributed by atoms with Crippen LogP contribution in [0.1, 0.15) is 64.2 Å². The lowest BCUT2D eigenvalue weighted by molar-refractivity contribution is -0.198. The van der Waals surface area contributed by atoms with Crippen molar-refractivity contribution >= 4 is 11.8 Å². The molecule has 5 saturated carbocycles. The van der Waals surface area contributed by atoms with Crippen LogP contribution in [0.2, 0.25) is 0 Å². The molecule has 4 nitrogen and oxygen atoms in total. The number of alkyl halides is 3. The fourth-order valence-electron chi connectivity index (χ4n) is 6.57. The van der Waals surface area contributed by atoms with Crippen molar-refractivity contribution in [3.8, 4) is 0 Å². The monoisotopic (exact) mass is 372 g/mol. The molecule has 0 aromatic carbocycles. The third-order valence-corrected chi connectivity index (χ3v) is 7.34. The molecular formula is C19H27F3N2O2. The minimum Gasteiger partial charge on any atom is -0.273 e. The molecule has 2 amide bonds. The zero-order chi connectivity index (χ0) is 18.5. The van der Waals surface area contributed by atoms with E-state index in [0.29, 0.717) is 30.6 Å². The van der Waals surface area contributed by atoms with Crippen LogP contribution in [0.5, 0.6) is 0 Å². The molecule has 0 spiro atoms. The Labute approximate surface area is 151 Å². The van der Waals surface area contributed by atoms with E-state index in [1.807, 2.05) is 0 Å². The lowest BCUT2D eigenvalue weighted by Gasteiger charge is -2.55. The number of hydrogen-bond acceptors (Lipinski definition) is 2. The highest BCUT2D eigenvalue weighted by Gasteiger charge is 2.55. The van der Waals surface area contributed by atoms with Gasteiger partial charge < -0.3 is 0 Å². The van der Waals surface area contributed by atoms with Gasteiger partial charge in [-0.1, -0.05) is 12.8 Å². The molecule has 0 aliphatic heterocycles. The minimum atomic E-state index is -4.37. The van der Waals surface area contributed by atoms with E-state index < -0.39 is 29.3 Å². The second-order valence-electron chi connectivity index (χ2n) is 9.18. The molecule has 5 aliphatic carbocycles. The van der Waals surface area contributed by atoms with Crippen LogP contribution in [-0.2, 0) is 9.59 Å². The van der Waals surface area contributed by atoms with Crippen LogP contribution in [0.25, 0.3) is 0 Å². The lowest BCUT2D eigenvalue weighted by atomic mass is 9.49. The molecule has 0 radical (unpaired) electrons. The Morgan fingerprint density at radius 3 is 1.92 bits per heavy atom. The van der Waals surface area contributed by atoms with Crippen LogP contribution in [-0.4, -0.2) is 18.0 Å². The average Bonchev–Trinajstić information content (AvgIpc) is 2.57. The number of halogens is 3. The highest BCUT2D eigenvalue weighted by Crippen LogP contribution is 2.60. The van der Waals surface area contributed by atoms with Crippen LogP contribution < -0.4 is 10.9 Å². The normalized spacial score (nSPS) is 41.7. The van der Waals surface area contributed by atoms with E-state index in [2.05, 4.69) is 10.9 Å². The Morgan fingerprint density at radius 2 is 1.38 bits per heavy atom. The van der Waals surface area contributed by atoms with Crippen LogP contribution in [0.15, 0.2) is 0 Å². The summed E-state index contributed by atoms with van der Waals surface area (Å²) in [5.41, 5.74) is 4.43. The number of amides is 2. The van der Waals surface area contributed by atoms with Crippen LogP contribution >= 0.6 is 0 Å². The topological polar surface area (TPSA) is 58.2 Å². The van der Waals surface area contributed by atoms with Crippen molar-refractivity contribution in [2.75, 3.05) is 0 Å². The molecule has 5 aliphatic rings. The van der Waals surface area contributed by atoms with Gasteiger partial charge in [0, 0.05) is 0 Å². The van der Waals surface area contributed by atoms with E-state index in [1.54, 1.807) is 0 Å². The Kier molecular flexibility index (Phi) is 4.47. The van der Waals surface area contributed by atoms with Gasteiger partial charge in [-0.2, -0.15) is 13.2 Å². The van der Waals surface area contributed by atoms with Gasteiger partial charge in [0.15, 0.2) is 0 Å². The Bertz CT molecular complexity index is 555. The maximum absolute atomic E-state index is 13.2. The summed E-state index contributed by atoms with van der Waals surface area (Å²) in [4.78, 5) is 25.2. The van der Waals surface area contributed by atoms with Crippen molar-refractivity contribution in [2.45, 2.75) is 70.4 Å². The smallest absolute Gasteiger partial charge is 0.273 e. The molecule has 5 rings (SSSR count). The fourth-order valence-corrected chi connectivity index (χ4v) is 6.57. The number of nitrogens with one attached hydrogen (secondary N) is 2. The number of hydrogen-bond donors (Lipinski definition) is 2. The SMILES string of the molecule is O=C(NNC(=O)C12CC3CC(CC(C3)C1)C2)[C@@H]1CCCC[C@H]1C(F)(F)F. The average molecular weight is 372 g/mol. The van der Waals surface area contributed by atoms with Crippen molar-refractivity contribution in [1.29, 1.82) is 0 Å². The quantitative estimate of drug-likeness (QED) is 0.726. The van der Waals surface area contributed by atoms with Crippen molar-refractivity contribution in [3.05, 3.63) is 0 Å². The first kappa shape index (κ1) is 18.1. The van der Waals surface area contributed by atoms with E-state index in [-0.39, 0.29) is 18.7 Å². The van der Waals surface area contributed by atoms with Crippen molar-refractivity contribution in [1.82, 2.24) is 10.9 Å². The summed E-state index contributed by atoms with van der Waals surface area (Å²) >= 11 is 0. The van der Waals surface area contributed by atoms with Gasteiger partial charge >= 0.3 is 6.18 Å². The summed E-state index contributed by atoms with van der Waals surface area (Å²) in [6, 6.07) is 0. The lowest BCUT2D eigenvalue weighted by Crippen LogP contribution is -2.58. The summed E-state index contributed by atoms with van der Waals surface area (Å²) in [6.07, 6.45) is 3.14. The van der Waals surface area contributed by atoms with Crippen LogP contribution in [0, 0.1) is 35.0 Å². The van der Waals surface area contributed by atoms with Gasteiger partial charge in [0.2, 0.25) is 11.8 Å². The van der Waals surface area contributed by atoms with E-state index in [9.17, 15) is 22.8 Å². The molecule has 0 unspecified atom stereocenters. The molecule has 4 bridgehead atoms. The predicted octanol–water partition coefficient (Wildman–Crippen LogP) is 3.72. The first-order valence-corrected chi connectivity index (χ1v) is 9.94. The zero-order valence-electron chi connectivity index (χ0n) is 14.9. The maximum Gasteiger partial charge on any atom is 0.392 e. The summed E-state index contributed by atoms with van der Waals surface area (Å²) in [7, 11) is 0. The Morgan fingerprint density at radius 1 is 0.846 bits per heavy atom. The van der Waals surface area contributed by atoms with E-state index >= 15 is 0 Å². The van der Waals surface area contributed by atoms with Crippen molar-refractivity contribution in [2.24, 2.45) is 35.0 Å². The summed E-state index contributed by atoms with van der Waals surface area (Å²) in [5.74, 6) is -1.80. The summed E-state index contributed by atoms with van der Waals surface area (Å²) in [5, 5.41) is 0. The fraction of sp³-hybridized carbons (Fsp3) is 0.895. The molecule has 2 N–H and O–H groups in total. The predicted molar refractivity (Wildman–Crippen MR) is 88.4 cm³/mol. The number of carbonyl (C=O) groups excluding carboxylic acids is 2. The van der Waals surface area contributed by atoms with Gasteiger partial charge in [-0.3, -0.25) is 20.4 Å². The van der Waals surface area contributed by atoms with Gasteiger partial charge in [0.25, 0.3) is 0 Å². The standard InChI is InChI=1S/C19H27F3N2O2/c20-19(21,22)15-4-2-1-3-14(15)16(25)23-24-17(26)18-8-11-5-12(9-18)7-13(6-11)10-18/h11-15H,1-10H2,(H,23,25)(H,24,26)/t11?,12?,13?,14-,15-,18?/m1/s1. The van der Waals surface area contributed by atoms with E-state index in [1.165, 1.54) is 19.3 Å². The van der Waals surface area contributed by atoms with Gasteiger partial charge in [0.05, 0.1) is 17.3 Å². The molecule has 7 heteroatoms. The molecule has 0 saturated heterocycles. The molecule has 0 heterocycles. The molecule has 0 aromatic rings. The molecule has 5 fully saturated rings. The second kappa shape index (κ2) is 6.41. The highest BCUT2D eigenvalue weighted by atomic mass is 19.4. The Hall–Kier alpha value is -1.27. The summed E-state index contributed by atoms with van der Waals surface area (Å²) in [6.45, 7) is 0. The van der Waals surface area contributed by atoms with Crippen LogP contribution in [0.3, 0.4) is 0 Å². The van der Waals surface area contributed by atoms with Gasteiger partial charge in [-0.15, -0.1) is 0 Å². The van der Waals surface area contributed by atoms with Gasteiger partial charge in [-0.25, -0.2) is 0 Å². The van der Waals surface area contributed by atoms with E-state index in [4.69, 9.17) is 0 Å². The minimum absolute atomic E-state index is 0.00941. The number of hydrazine groups is 1. The number of carbonyl (C=O) groups is 2. The molecule has 146 valence electrons. The first-order valence-electron chi connectivity index (χ1n) is 9.94. The zero-order valence-corrected chi connectivity index (χ0v) is 14.9. The van der Waals surface area contributed by atoms with Crippen LogP contribution in [0.4, 0.5) is 13.2 Å². The molecular weight excluding hydrogens is 345 g/mol. The molecule has 2 atom stereocenters. The van der Waals surface area contributed by atoms with Gasteiger partial charge in [-0.05, 0) is 69.1 Å². The first-order chi connectivity index (χ1) is 12.3. The second-order valence-corrected chi connectivity index (χ2v) is 9.18. The van der Waals surface area contributed by atoms with Crippen molar-refractivity contribution in [3.63, 3.8) is 0 Å². The largest absolute Gasteiger partial charge is 0.392 e. The third-order valence-electron chi connectivity index (χ3n) is 7.34. The van der Waals surface area contributed by atoms with E-state index in [0.717, 1.165) is 19.3 Å². The van der Waals surface area contributed by atoms with Gasteiger partial charge in [0.1, 0.15) is 0 Å². The molecule has 26 heavy (non-hydrogen) atoms.